The Hall–Kier alpha value is -0.690. The van der Waals surface area contributed by atoms with Gasteiger partial charge in [0.15, 0.2) is 0 Å². The summed E-state index contributed by atoms with van der Waals surface area (Å²) in [6, 6.07) is 3.49. The Morgan fingerprint density at radius 3 is 2.72 bits per heavy atom. The number of ether oxygens (including phenoxy) is 1. The van der Waals surface area contributed by atoms with Gasteiger partial charge in [-0.3, -0.25) is 0 Å². The van der Waals surface area contributed by atoms with Crippen molar-refractivity contribution >= 4 is 21.6 Å². The van der Waals surface area contributed by atoms with Crippen molar-refractivity contribution in [2.75, 3.05) is 13.7 Å². The van der Waals surface area contributed by atoms with Crippen LogP contribution in [0.2, 0.25) is 0 Å². The third-order valence-electron chi connectivity index (χ3n) is 2.43. The van der Waals surface area contributed by atoms with E-state index in [2.05, 4.69) is 4.72 Å². The molecule has 1 rings (SSSR count). The van der Waals surface area contributed by atoms with E-state index in [9.17, 15) is 12.8 Å². The van der Waals surface area contributed by atoms with Crippen molar-refractivity contribution in [1.82, 2.24) is 4.72 Å². The van der Waals surface area contributed by atoms with Crippen molar-refractivity contribution in [2.45, 2.75) is 23.8 Å². The number of hydrogen-bond donors (Lipinski definition) is 1. The van der Waals surface area contributed by atoms with Gasteiger partial charge in [0.2, 0.25) is 10.0 Å². The van der Waals surface area contributed by atoms with Crippen LogP contribution in [0.15, 0.2) is 23.1 Å². The molecule has 4 nitrogen and oxygen atoms in total. The highest BCUT2D eigenvalue weighted by atomic mass is 35.5. The van der Waals surface area contributed by atoms with E-state index in [1.807, 2.05) is 0 Å². The molecule has 0 aliphatic heterocycles. The second kappa shape index (κ2) is 6.47. The SMILES string of the molecule is COC(C)CNS(=O)(=O)c1cc(F)ccc1CCl. The summed E-state index contributed by atoms with van der Waals surface area (Å²) in [5, 5.41) is 0. The molecule has 18 heavy (non-hydrogen) atoms. The molecule has 0 aliphatic rings. The molecule has 0 amide bonds. The first-order chi connectivity index (χ1) is 8.40. The molecule has 1 aromatic rings. The quantitative estimate of drug-likeness (QED) is 0.815. The van der Waals surface area contributed by atoms with Crippen molar-refractivity contribution in [2.24, 2.45) is 0 Å². The van der Waals surface area contributed by atoms with Crippen LogP contribution >= 0.6 is 11.6 Å². The van der Waals surface area contributed by atoms with Gasteiger partial charge in [0.25, 0.3) is 0 Å². The molecule has 0 saturated carbocycles. The van der Waals surface area contributed by atoms with E-state index in [4.69, 9.17) is 16.3 Å². The lowest BCUT2D eigenvalue weighted by molar-refractivity contribution is 0.122. The summed E-state index contributed by atoms with van der Waals surface area (Å²) < 4.78 is 44.4. The van der Waals surface area contributed by atoms with Gasteiger partial charge in [0.05, 0.1) is 11.0 Å². The number of hydrogen-bond acceptors (Lipinski definition) is 3. The van der Waals surface area contributed by atoms with Crippen molar-refractivity contribution in [3.05, 3.63) is 29.6 Å². The molecule has 1 aromatic carbocycles. The minimum absolute atomic E-state index is 0.00362. The molecule has 102 valence electrons. The maximum Gasteiger partial charge on any atom is 0.241 e. The highest BCUT2D eigenvalue weighted by Crippen LogP contribution is 2.19. The molecule has 0 aliphatic carbocycles. The van der Waals surface area contributed by atoms with Crippen LogP contribution in [-0.2, 0) is 20.6 Å². The number of benzene rings is 1. The number of alkyl halides is 1. The average Bonchev–Trinajstić information content (AvgIpc) is 2.36. The second-order valence-corrected chi connectivity index (χ2v) is 5.79. The van der Waals surface area contributed by atoms with Crippen molar-refractivity contribution in [3.8, 4) is 0 Å². The lowest BCUT2D eigenvalue weighted by atomic mass is 10.2. The summed E-state index contributed by atoms with van der Waals surface area (Å²) in [6.45, 7) is 1.83. The van der Waals surface area contributed by atoms with Gasteiger partial charge in [-0.2, -0.15) is 0 Å². The largest absolute Gasteiger partial charge is 0.380 e. The van der Waals surface area contributed by atoms with Crippen LogP contribution in [0, 0.1) is 5.82 Å². The zero-order chi connectivity index (χ0) is 13.8. The summed E-state index contributed by atoms with van der Waals surface area (Å²) in [6.07, 6.45) is -0.271. The topological polar surface area (TPSA) is 55.4 Å². The lowest BCUT2D eigenvalue weighted by Crippen LogP contribution is -2.32. The smallest absolute Gasteiger partial charge is 0.241 e. The Labute approximate surface area is 111 Å². The van der Waals surface area contributed by atoms with Gasteiger partial charge in [0, 0.05) is 19.5 Å². The molecule has 0 aromatic heterocycles. The molecule has 0 saturated heterocycles. The third kappa shape index (κ3) is 3.91. The zero-order valence-electron chi connectivity index (χ0n) is 10.1. The predicted octanol–water partition coefficient (Wildman–Crippen LogP) is 1.88. The fourth-order valence-electron chi connectivity index (χ4n) is 1.28. The molecule has 1 N–H and O–H groups in total. The molecule has 0 spiro atoms. The van der Waals surface area contributed by atoms with Crippen molar-refractivity contribution in [1.29, 1.82) is 0 Å². The number of nitrogens with one attached hydrogen (secondary N) is 1. The van der Waals surface area contributed by atoms with E-state index < -0.39 is 15.8 Å². The first-order valence-corrected chi connectivity index (χ1v) is 7.29. The standard InChI is InChI=1S/C11H15ClFNO3S/c1-8(17-2)7-14-18(15,16)11-5-10(13)4-3-9(11)6-12/h3-5,8,14H,6-7H2,1-2H3. The van der Waals surface area contributed by atoms with Crippen LogP contribution < -0.4 is 4.72 Å². The summed E-state index contributed by atoms with van der Waals surface area (Å²) in [4.78, 5) is -0.138. The molecule has 0 fully saturated rings. The van der Waals surface area contributed by atoms with Crippen molar-refractivity contribution < 1.29 is 17.5 Å². The van der Waals surface area contributed by atoms with Crippen molar-refractivity contribution in [3.63, 3.8) is 0 Å². The molecule has 0 heterocycles. The van der Waals surface area contributed by atoms with Crippen LogP contribution in [0.25, 0.3) is 0 Å². The Kier molecular flexibility index (Phi) is 5.52. The van der Waals surface area contributed by atoms with E-state index in [-0.39, 0.29) is 23.4 Å². The van der Waals surface area contributed by atoms with Crippen LogP contribution in [0.3, 0.4) is 0 Å². The molecular formula is C11H15ClFNO3S. The first kappa shape index (κ1) is 15.4. The van der Waals surface area contributed by atoms with Gasteiger partial charge < -0.3 is 4.74 Å². The monoisotopic (exact) mass is 295 g/mol. The summed E-state index contributed by atoms with van der Waals surface area (Å²) in [7, 11) is -2.31. The lowest BCUT2D eigenvalue weighted by Gasteiger charge is -2.13. The molecule has 7 heteroatoms. The number of halogens is 2. The Morgan fingerprint density at radius 2 is 2.17 bits per heavy atom. The highest BCUT2D eigenvalue weighted by Gasteiger charge is 2.19. The average molecular weight is 296 g/mol. The second-order valence-electron chi connectivity index (χ2n) is 3.78. The normalized spacial score (nSPS) is 13.6. The number of sulfonamides is 1. The van der Waals surface area contributed by atoms with E-state index in [0.717, 1.165) is 6.07 Å². The van der Waals surface area contributed by atoms with Gasteiger partial charge in [-0.05, 0) is 24.6 Å². The maximum absolute atomic E-state index is 13.1. The molecule has 1 atom stereocenters. The van der Waals surface area contributed by atoms with E-state index >= 15 is 0 Å². The Balaban J connectivity index is 3.00. The predicted molar refractivity (Wildman–Crippen MR) is 67.6 cm³/mol. The van der Waals surface area contributed by atoms with E-state index in [0.29, 0.717) is 5.56 Å². The third-order valence-corrected chi connectivity index (χ3v) is 4.22. The van der Waals surface area contributed by atoms with Gasteiger partial charge in [-0.1, -0.05) is 6.07 Å². The van der Waals surface area contributed by atoms with Crippen LogP contribution in [0.5, 0.6) is 0 Å². The minimum atomic E-state index is -3.79. The van der Waals surface area contributed by atoms with Gasteiger partial charge in [0.1, 0.15) is 5.82 Å². The zero-order valence-corrected chi connectivity index (χ0v) is 11.7. The van der Waals surface area contributed by atoms with E-state index in [1.165, 1.54) is 19.2 Å². The van der Waals surface area contributed by atoms with Gasteiger partial charge in [-0.25, -0.2) is 17.5 Å². The summed E-state index contributed by atoms with van der Waals surface area (Å²) >= 11 is 5.64. The summed E-state index contributed by atoms with van der Waals surface area (Å²) in [5.41, 5.74) is 0.357. The molecule has 0 bridgehead atoms. The first-order valence-electron chi connectivity index (χ1n) is 5.27. The molecule has 0 radical (unpaired) electrons. The van der Waals surface area contributed by atoms with Crippen LogP contribution in [-0.4, -0.2) is 28.2 Å². The fraction of sp³-hybridized carbons (Fsp3) is 0.455. The molecule has 1 unspecified atom stereocenters. The Bertz CT molecular complexity index is 507. The fourth-order valence-corrected chi connectivity index (χ4v) is 2.95. The van der Waals surface area contributed by atoms with Crippen LogP contribution in [0.1, 0.15) is 12.5 Å². The summed E-state index contributed by atoms with van der Waals surface area (Å²) in [5.74, 6) is -0.625. The molecular weight excluding hydrogens is 281 g/mol. The number of methoxy groups -OCH3 is 1. The Morgan fingerprint density at radius 1 is 1.50 bits per heavy atom. The number of rotatable bonds is 6. The van der Waals surface area contributed by atoms with E-state index in [1.54, 1.807) is 6.92 Å². The maximum atomic E-state index is 13.1. The van der Waals surface area contributed by atoms with Gasteiger partial charge >= 0.3 is 0 Å². The highest BCUT2D eigenvalue weighted by molar-refractivity contribution is 7.89. The van der Waals surface area contributed by atoms with Crippen LogP contribution in [0.4, 0.5) is 4.39 Å². The minimum Gasteiger partial charge on any atom is -0.380 e. The van der Waals surface area contributed by atoms with Gasteiger partial charge in [-0.15, -0.1) is 11.6 Å².